The fraction of sp³-hybridized carbons (Fsp3) is 0.625. The third-order valence-corrected chi connectivity index (χ3v) is 1.96. The van der Waals surface area contributed by atoms with Gasteiger partial charge in [-0.1, -0.05) is 13.3 Å². The van der Waals surface area contributed by atoms with Gasteiger partial charge < -0.3 is 0 Å². The molecular formula is C8H13N2O2+. The number of carbonyl (C=O) groups is 2. The van der Waals surface area contributed by atoms with Crippen molar-refractivity contribution in [3.05, 3.63) is 0 Å². The lowest BCUT2D eigenvalue weighted by atomic mass is 10.2. The molecule has 3 amide bonds. The number of nitrogens with one attached hydrogen (secondary N) is 1. The Hall–Kier alpha value is -1.19. The van der Waals surface area contributed by atoms with E-state index in [1.165, 1.54) is 4.58 Å². The molecule has 0 aromatic heterocycles. The minimum Gasteiger partial charge on any atom is -0.237 e. The Morgan fingerprint density at radius 1 is 1.42 bits per heavy atom. The number of nitrogens with zero attached hydrogens (tertiary/aromatic N) is 1. The van der Waals surface area contributed by atoms with E-state index < -0.39 is 0 Å². The van der Waals surface area contributed by atoms with Gasteiger partial charge in [-0.3, -0.25) is 0 Å². The van der Waals surface area contributed by atoms with E-state index >= 15 is 0 Å². The maximum absolute atomic E-state index is 11.1. The number of rotatable bonds is 3. The van der Waals surface area contributed by atoms with E-state index in [9.17, 15) is 9.59 Å². The van der Waals surface area contributed by atoms with Gasteiger partial charge in [-0.05, 0) is 6.42 Å². The Morgan fingerprint density at radius 3 is 2.50 bits per heavy atom. The second-order valence-electron chi connectivity index (χ2n) is 2.87. The molecule has 0 aromatic rings. The molecule has 0 saturated carbocycles. The maximum atomic E-state index is 11.1. The van der Waals surface area contributed by atoms with Crippen LogP contribution >= 0.6 is 0 Å². The summed E-state index contributed by atoms with van der Waals surface area (Å²) in [6, 6.07) is -0.314. The number of urea groups is 1. The molecule has 0 atom stereocenters. The van der Waals surface area contributed by atoms with Gasteiger partial charge in [0, 0.05) is 6.42 Å². The van der Waals surface area contributed by atoms with Crippen LogP contribution < -0.4 is 5.32 Å². The van der Waals surface area contributed by atoms with Crippen molar-refractivity contribution in [2.45, 2.75) is 26.2 Å². The van der Waals surface area contributed by atoms with Crippen molar-refractivity contribution in [3.8, 4) is 0 Å². The van der Waals surface area contributed by atoms with Gasteiger partial charge in [-0.15, -0.1) is 0 Å². The fourth-order valence-corrected chi connectivity index (χ4v) is 1.15. The lowest BCUT2D eigenvalue weighted by Gasteiger charge is -1.92. The van der Waals surface area contributed by atoms with Crippen LogP contribution in [0.15, 0.2) is 0 Å². The van der Waals surface area contributed by atoms with Crippen molar-refractivity contribution < 1.29 is 14.2 Å². The number of hydrogen-bond donors (Lipinski definition) is 1. The lowest BCUT2D eigenvalue weighted by Crippen LogP contribution is -2.25. The van der Waals surface area contributed by atoms with E-state index in [1.807, 2.05) is 0 Å². The first-order valence-electron chi connectivity index (χ1n) is 4.11. The predicted octanol–water partition coefficient (Wildman–Crippen LogP) is 0.510. The number of unbranched alkanes of at least 4 members (excludes halogenated alkanes) is 1. The molecule has 12 heavy (non-hydrogen) atoms. The monoisotopic (exact) mass is 169 g/mol. The van der Waals surface area contributed by atoms with Crippen LogP contribution in [0.3, 0.4) is 0 Å². The van der Waals surface area contributed by atoms with Crippen molar-refractivity contribution >= 4 is 17.6 Å². The zero-order valence-corrected chi connectivity index (χ0v) is 7.39. The first-order valence-corrected chi connectivity index (χ1v) is 4.11. The highest BCUT2D eigenvalue weighted by molar-refractivity contribution is 6.42. The molecule has 0 unspecified atom stereocenters. The van der Waals surface area contributed by atoms with Gasteiger partial charge in [-0.25, -0.2) is 4.79 Å². The third kappa shape index (κ3) is 1.52. The summed E-state index contributed by atoms with van der Waals surface area (Å²) < 4.78 is 1.39. The van der Waals surface area contributed by atoms with Gasteiger partial charge in [0.2, 0.25) is 0 Å². The molecule has 1 N–H and O–H groups in total. The summed E-state index contributed by atoms with van der Waals surface area (Å²) in [5.41, 5.74) is 0.585. The number of amides is 3. The van der Waals surface area contributed by atoms with E-state index in [4.69, 9.17) is 0 Å². The molecule has 4 heteroatoms. The zero-order valence-electron chi connectivity index (χ0n) is 7.39. The highest BCUT2D eigenvalue weighted by atomic mass is 16.2. The van der Waals surface area contributed by atoms with Crippen LogP contribution in [-0.4, -0.2) is 29.3 Å². The molecule has 0 fully saturated rings. The molecule has 1 aliphatic heterocycles. The normalized spacial score (nSPS) is 17.2. The Labute approximate surface area is 71.3 Å². The predicted molar refractivity (Wildman–Crippen MR) is 44.3 cm³/mol. The van der Waals surface area contributed by atoms with E-state index in [2.05, 4.69) is 12.2 Å². The van der Waals surface area contributed by atoms with Gasteiger partial charge in [0.05, 0.1) is 7.05 Å². The zero-order chi connectivity index (χ0) is 9.14. The molecule has 1 heterocycles. The number of carbonyl (C=O) groups excluding carboxylic acids is 2. The van der Waals surface area contributed by atoms with Crippen molar-refractivity contribution in [3.63, 3.8) is 0 Å². The van der Waals surface area contributed by atoms with Gasteiger partial charge in [0.1, 0.15) is 0 Å². The summed E-state index contributed by atoms with van der Waals surface area (Å²) in [7, 11) is 1.62. The minimum atomic E-state index is -0.314. The van der Waals surface area contributed by atoms with E-state index in [1.54, 1.807) is 7.05 Å². The Morgan fingerprint density at radius 2 is 2.08 bits per heavy atom. The van der Waals surface area contributed by atoms with Crippen molar-refractivity contribution in [1.29, 1.82) is 0 Å². The summed E-state index contributed by atoms with van der Waals surface area (Å²) >= 11 is 0. The van der Waals surface area contributed by atoms with Gasteiger partial charge in [-0.2, -0.15) is 14.7 Å². The summed E-state index contributed by atoms with van der Waals surface area (Å²) in [6.07, 6.45) is 2.66. The fourth-order valence-electron chi connectivity index (χ4n) is 1.15. The summed E-state index contributed by atoms with van der Waals surface area (Å²) in [5, 5.41) is 2.24. The van der Waals surface area contributed by atoms with Crippen LogP contribution in [0.2, 0.25) is 0 Å². The molecule has 1 rings (SSSR count). The SMILES string of the molecule is CCCCC1=[N+](C)C(=O)NC1=O. The largest absolute Gasteiger partial charge is 0.499 e. The molecule has 0 spiro atoms. The van der Waals surface area contributed by atoms with E-state index in [0.717, 1.165) is 12.8 Å². The van der Waals surface area contributed by atoms with Crippen LogP contribution in [0, 0.1) is 0 Å². The Kier molecular flexibility index (Phi) is 2.58. The van der Waals surface area contributed by atoms with E-state index in [0.29, 0.717) is 12.1 Å². The summed E-state index contributed by atoms with van der Waals surface area (Å²) in [5.74, 6) is -0.240. The average Bonchev–Trinajstić information content (AvgIpc) is 2.25. The molecule has 1 aliphatic rings. The van der Waals surface area contributed by atoms with Gasteiger partial charge >= 0.3 is 11.9 Å². The molecule has 0 aromatic carbocycles. The molecule has 0 bridgehead atoms. The summed E-state index contributed by atoms with van der Waals surface area (Å²) in [4.78, 5) is 22.0. The standard InChI is InChI=1S/C8H12N2O2/c1-3-4-5-6-7(11)9-8(12)10(6)2/h3-5H2,1-2H3/p+1. The van der Waals surface area contributed by atoms with Crippen LogP contribution in [-0.2, 0) is 4.79 Å². The molecule has 0 aliphatic carbocycles. The molecule has 4 nitrogen and oxygen atoms in total. The first-order chi connectivity index (χ1) is 5.66. The van der Waals surface area contributed by atoms with E-state index in [-0.39, 0.29) is 11.9 Å². The van der Waals surface area contributed by atoms with Crippen LogP contribution in [0.25, 0.3) is 0 Å². The Balaban J connectivity index is 2.71. The van der Waals surface area contributed by atoms with Gasteiger partial charge in [0.15, 0.2) is 5.71 Å². The van der Waals surface area contributed by atoms with Crippen molar-refractivity contribution in [2.75, 3.05) is 7.05 Å². The average molecular weight is 169 g/mol. The minimum absolute atomic E-state index is 0.240. The van der Waals surface area contributed by atoms with Gasteiger partial charge in [0.25, 0.3) is 0 Å². The molecule has 66 valence electrons. The third-order valence-electron chi connectivity index (χ3n) is 1.96. The quantitative estimate of drug-likeness (QED) is 0.626. The smallest absolute Gasteiger partial charge is 0.237 e. The first kappa shape index (κ1) is 8.90. The van der Waals surface area contributed by atoms with Crippen molar-refractivity contribution in [2.24, 2.45) is 0 Å². The highest BCUT2D eigenvalue weighted by Gasteiger charge is 2.34. The molecule has 0 saturated heterocycles. The topological polar surface area (TPSA) is 49.2 Å². The maximum Gasteiger partial charge on any atom is 0.499 e. The van der Waals surface area contributed by atoms with Crippen LogP contribution in [0.4, 0.5) is 4.79 Å². The summed E-state index contributed by atoms with van der Waals surface area (Å²) in [6.45, 7) is 2.05. The molecule has 0 radical (unpaired) electrons. The van der Waals surface area contributed by atoms with Crippen LogP contribution in [0.5, 0.6) is 0 Å². The lowest BCUT2D eigenvalue weighted by molar-refractivity contribution is -0.388. The highest BCUT2D eigenvalue weighted by Crippen LogP contribution is 2.01. The van der Waals surface area contributed by atoms with Crippen LogP contribution in [0.1, 0.15) is 26.2 Å². The van der Waals surface area contributed by atoms with Crippen molar-refractivity contribution in [1.82, 2.24) is 5.32 Å². The second-order valence-corrected chi connectivity index (χ2v) is 2.87. The second kappa shape index (κ2) is 3.47. The molecular weight excluding hydrogens is 156 g/mol. The Bertz CT molecular complexity index is 256. The number of imide groups is 1. The number of hydrogen-bond acceptors (Lipinski definition) is 2.